The fourth-order valence-corrected chi connectivity index (χ4v) is 4.88. The molecule has 0 heterocycles. The summed E-state index contributed by atoms with van der Waals surface area (Å²) in [6.07, 6.45) is 4.49. The van der Waals surface area contributed by atoms with Crippen molar-refractivity contribution in [1.29, 1.82) is 0 Å². The molecular weight excluding hydrogens is 351 g/mol. The van der Waals surface area contributed by atoms with Gasteiger partial charge in [-0.2, -0.15) is 0 Å². The van der Waals surface area contributed by atoms with Gasteiger partial charge < -0.3 is 9.47 Å². The van der Waals surface area contributed by atoms with Crippen LogP contribution in [0.25, 0.3) is 0 Å². The first-order valence-electron chi connectivity index (χ1n) is 10.6. The molecular formula is C24H43O2P. The van der Waals surface area contributed by atoms with Crippen LogP contribution in [0.3, 0.4) is 0 Å². The number of ether oxygens (including phenoxy) is 2. The number of benzene rings is 1. The molecule has 1 aromatic rings. The Morgan fingerprint density at radius 2 is 1.52 bits per heavy atom. The highest BCUT2D eigenvalue weighted by molar-refractivity contribution is 7.37. The zero-order chi connectivity index (χ0) is 20.7. The van der Waals surface area contributed by atoms with Crippen LogP contribution in [0.2, 0.25) is 0 Å². The summed E-state index contributed by atoms with van der Waals surface area (Å²) in [6.45, 7) is 20.3. The van der Waals surface area contributed by atoms with E-state index in [1.54, 1.807) is 0 Å². The van der Waals surface area contributed by atoms with Gasteiger partial charge in [-0.05, 0) is 42.6 Å². The standard InChI is InChI=1S/C24H43O2P/c1-10-13-19(14-11-2)25-22(24(6,7)8)26-20-16-12-15-18(17-20)21(27-9)23(3,4)5/h12,15-17,19,21-22,27H,10-11,13-14H2,1-9H3. The average Bonchev–Trinajstić information content (AvgIpc) is 2.53. The van der Waals surface area contributed by atoms with E-state index in [0.717, 1.165) is 40.0 Å². The third kappa shape index (κ3) is 8.12. The maximum Gasteiger partial charge on any atom is 0.204 e. The molecule has 0 saturated heterocycles. The molecule has 0 aliphatic carbocycles. The molecule has 0 radical (unpaired) electrons. The van der Waals surface area contributed by atoms with E-state index >= 15 is 0 Å². The van der Waals surface area contributed by atoms with Crippen LogP contribution in [-0.2, 0) is 4.74 Å². The summed E-state index contributed by atoms with van der Waals surface area (Å²) in [7, 11) is 0.868. The summed E-state index contributed by atoms with van der Waals surface area (Å²) < 4.78 is 12.9. The molecule has 0 saturated carbocycles. The lowest BCUT2D eigenvalue weighted by Gasteiger charge is -2.35. The molecule has 3 atom stereocenters. The third-order valence-electron chi connectivity index (χ3n) is 4.83. The highest BCUT2D eigenvalue weighted by Gasteiger charge is 2.31. The minimum absolute atomic E-state index is 0.0777. The quantitative estimate of drug-likeness (QED) is 0.297. The highest BCUT2D eigenvalue weighted by atomic mass is 31.1. The van der Waals surface area contributed by atoms with Gasteiger partial charge in [0.15, 0.2) is 0 Å². The molecule has 0 aromatic heterocycles. The van der Waals surface area contributed by atoms with Crippen molar-refractivity contribution < 1.29 is 9.47 Å². The number of hydrogen-bond donors (Lipinski definition) is 0. The molecule has 27 heavy (non-hydrogen) atoms. The van der Waals surface area contributed by atoms with Gasteiger partial charge in [-0.3, -0.25) is 0 Å². The van der Waals surface area contributed by atoms with E-state index in [4.69, 9.17) is 9.47 Å². The molecule has 0 bridgehead atoms. The summed E-state index contributed by atoms with van der Waals surface area (Å²) >= 11 is 0. The minimum atomic E-state index is -0.243. The topological polar surface area (TPSA) is 18.5 Å². The molecule has 0 amide bonds. The first-order valence-corrected chi connectivity index (χ1v) is 12.2. The SMILES string of the molecule is CCCC(CCC)OC(Oc1cccc(C(PC)C(C)(C)C)c1)C(C)(C)C. The highest BCUT2D eigenvalue weighted by Crippen LogP contribution is 2.46. The molecule has 3 heteroatoms. The lowest BCUT2D eigenvalue weighted by Crippen LogP contribution is -2.38. The first-order chi connectivity index (χ1) is 12.5. The van der Waals surface area contributed by atoms with Crippen molar-refractivity contribution in [3.63, 3.8) is 0 Å². The second-order valence-electron chi connectivity index (χ2n) is 9.81. The Labute approximate surface area is 170 Å². The summed E-state index contributed by atoms with van der Waals surface area (Å²) in [4.78, 5) is 0. The average molecular weight is 395 g/mol. The van der Waals surface area contributed by atoms with E-state index in [-0.39, 0.29) is 23.2 Å². The van der Waals surface area contributed by atoms with Gasteiger partial charge in [0.1, 0.15) is 5.75 Å². The zero-order valence-corrected chi connectivity index (χ0v) is 20.2. The lowest BCUT2D eigenvalue weighted by molar-refractivity contribution is -0.174. The summed E-state index contributed by atoms with van der Waals surface area (Å²) in [5.74, 6) is 0.923. The maximum absolute atomic E-state index is 6.47. The number of hydrogen-bond acceptors (Lipinski definition) is 2. The Balaban J connectivity index is 3.04. The second kappa shape index (κ2) is 10.8. The Hall–Kier alpha value is -0.590. The van der Waals surface area contributed by atoms with E-state index < -0.39 is 0 Å². The molecule has 0 aliphatic rings. The Morgan fingerprint density at radius 1 is 0.926 bits per heavy atom. The van der Waals surface area contributed by atoms with Gasteiger partial charge in [0.05, 0.1) is 6.10 Å². The summed E-state index contributed by atoms with van der Waals surface area (Å²) in [6, 6.07) is 8.66. The molecule has 0 spiro atoms. The lowest BCUT2D eigenvalue weighted by atomic mass is 9.87. The van der Waals surface area contributed by atoms with E-state index in [1.807, 2.05) is 0 Å². The van der Waals surface area contributed by atoms with Gasteiger partial charge in [0.25, 0.3) is 0 Å². The zero-order valence-electron chi connectivity index (χ0n) is 19.2. The largest absolute Gasteiger partial charge is 0.464 e. The fraction of sp³-hybridized carbons (Fsp3) is 0.750. The predicted molar refractivity (Wildman–Crippen MR) is 121 cm³/mol. The van der Waals surface area contributed by atoms with Crippen molar-refractivity contribution in [3.05, 3.63) is 29.8 Å². The summed E-state index contributed by atoms with van der Waals surface area (Å²) in [5.41, 5.74) is 2.08. The van der Waals surface area contributed by atoms with Crippen LogP contribution in [0, 0.1) is 10.8 Å². The van der Waals surface area contributed by atoms with Crippen molar-refractivity contribution in [2.75, 3.05) is 6.66 Å². The van der Waals surface area contributed by atoms with Gasteiger partial charge in [0.2, 0.25) is 6.29 Å². The maximum atomic E-state index is 6.47. The van der Waals surface area contributed by atoms with E-state index in [2.05, 4.69) is 86.3 Å². The molecule has 3 unspecified atom stereocenters. The van der Waals surface area contributed by atoms with Crippen LogP contribution in [0.15, 0.2) is 24.3 Å². The molecule has 156 valence electrons. The van der Waals surface area contributed by atoms with Gasteiger partial charge in [-0.25, -0.2) is 0 Å². The van der Waals surface area contributed by atoms with Crippen LogP contribution in [0.4, 0.5) is 0 Å². The minimum Gasteiger partial charge on any atom is -0.464 e. The van der Waals surface area contributed by atoms with Gasteiger partial charge >= 0.3 is 0 Å². The van der Waals surface area contributed by atoms with Crippen molar-refractivity contribution in [3.8, 4) is 5.75 Å². The molecule has 0 N–H and O–H groups in total. The van der Waals surface area contributed by atoms with Gasteiger partial charge in [0, 0.05) is 11.1 Å². The number of rotatable bonds is 10. The molecule has 1 aromatic carbocycles. The Bertz CT molecular complexity index is 536. The predicted octanol–water partition coefficient (Wildman–Crippen LogP) is 7.82. The fourth-order valence-electron chi connectivity index (χ4n) is 3.50. The normalized spacial score (nSPS) is 15.5. The van der Waals surface area contributed by atoms with Crippen molar-refractivity contribution in [1.82, 2.24) is 0 Å². The molecule has 1 rings (SSSR count). The first kappa shape index (κ1) is 24.4. The third-order valence-corrected chi connectivity index (χ3v) is 6.61. The van der Waals surface area contributed by atoms with E-state index in [1.165, 1.54) is 5.56 Å². The van der Waals surface area contributed by atoms with Crippen molar-refractivity contribution in [2.24, 2.45) is 10.8 Å². The van der Waals surface area contributed by atoms with E-state index in [0.29, 0.717) is 5.66 Å². The summed E-state index contributed by atoms with van der Waals surface area (Å²) in [5, 5.41) is 0. The van der Waals surface area contributed by atoms with Crippen molar-refractivity contribution in [2.45, 2.75) is 99.1 Å². The smallest absolute Gasteiger partial charge is 0.204 e. The van der Waals surface area contributed by atoms with Crippen LogP contribution >= 0.6 is 8.58 Å². The van der Waals surface area contributed by atoms with E-state index in [9.17, 15) is 0 Å². The van der Waals surface area contributed by atoms with Gasteiger partial charge in [-0.1, -0.05) is 80.4 Å². The molecule has 0 aliphatic heterocycles. The van der Waals surface area contributed by atoms with Crippen molar-refractivity contribution >= 4 is 8.58 Å². The van der Waals surface area contributed by atoms with Crippen LogP contribution in [-0.4, -0.2) is 19.1 Å². The molecule has 0 fully saturated rings. The van der Waals surface area contributed by atoms with Crippen LogP contribution < -0.4 is 4.74 Å². The van der Waals surface area contributed by atoms with Gasteiger partial charge in [-0.15, -0.1) is 8.58 Å². The molecule has 2 nitrogen and oxygen atoms in total. The second-order valence-corrected chi connectivity index (χ2v) is 11.0. The monoisotopic (exact) mass is 394 g/mol. The Kier molecular flexibility index (Phi) is 9.80. The Morgan fingerprint density at radius 3 is 1.96 bits per heavy atom. The van der Waals surface area contributed by atoms with Crippen LogP contribution in [0.5, 0.6) is 5.75 Å². The van der Waals surface area contributed by atoms with Crippen LogP contribution in [0.1, 0.15) is 92.3 Å².